The molecule has 2 atom stereocenters. The highest BCUT2D eigenvalue weighted by Gasteiger charge is 2.34. The maximum Gasteiger partial charge on any atom is 0.191 e. The van der Waals surface area contributed by atoms with E-state index >= 15 is 0 Å². The van der Waals surface area contributed by atoms with Crippen molar-refractivity contribution in [2.75, 3.05) is 39.8 Å². The fourth-order valence-corrected chi connectivity index (χ4v) is 3.85. The van der Waals surface area contributed by atoms with Gasteiger partial charge in [-0.3, -0.25) is 4.99 Å². The number of hydrogen-bond acceptors (Lipinski definition) is 3. The van der Waals surface area contributed by atoms with Crippen molar-refractivity contribution in [2.45, 2.75) is 51.5 Å². The Bertz CT molecular complexity index is 597. The van der Waals surface area contributed by atoms with Gasteiger partial charge in [-0.25, -0.2) is 0 Å². The molecule has 5 nitrogen and oxygen atoms in total. The third-order valence-electron chi connectivity index (χ3n) is 5.79. The Hall–Kier alpha value is -1.75. The van der Waals surface area contributed by atoms with E-state index in [0.29, 0.717) is 5.92 Å². The van der Waals surface area contributed by atoms with Crippen molar-refractivity contribution < 1.29 is 4.74 Å². The molecular weight excluding hydrogens is 336 g/mol. The van der Waals surface area contributed by atoms with E-state index in [0.717, 1.165) is 49.7 Å². The molecular formula is C22H36N4O. The lowest BCUT2D eigenvalue weighted by atomic mass is 9.98. The van der Waals surface area contributed by atoms with E-state index in [9.17, 15) is 0 Å². The minimum atomic E-state index is 0.508. The number of benzene rings is 1. The van der Waals surface area contributed by atoms with Gasteiger partial charge in [0.25, 0.3) is 0 Å². The van der Waals surface area contributed by atoms with Gasteiger partial charge in [-0.1, -0.05) is 19.1 Å². The summed E-state index contributed by atoms with van der Waals surface area (Å²) in [7, 11) is 1.71. The van der Waals surface area contributed by atoms with Gasteiger partial charge in [0.2, 0.25) is 0 Å². The largest absolute Gasteiger partial charge is 0.497 e. The lowest BCUT2D eigenvalue weighted by Crippen LogP contribution is -2.38. The first-order valence-electron chi connectivity index (χ1n) is 10.6. The van der Waals surface area contributed by atoms with E-state index in [-0.39, 0.29) is 0 Å². The average Bonchev–Trinajstić information content (AvgIpc) is 3.44. The van der Waals surface area contributed by atoms with Gasteiger partial charge in [0.15, 0.2) is 5.96 Å². The second kappa shape index (κ2) is 9.98. The molecule has 0 bridgehead atoms. The van der Waals surface area contributed by atoms with Gasteiger partial charge < -0.3 is 20.3 Å². The molecule has 5 heteroatoms. The molecule has 1 saturated carbocycles. The lowest BCUT2D eigenvalue weighted by molar-refractivity contribution is 0.315. The number of aliphatic imine (C=N–C) groups is 1. The molecule has 1 heterocycles. The molecule has 2 unspecified atom stereocenters. The van der Waals surface area contributed by atoms with Gasteiger partial charge in [0.05, 0.1) is 7.11 Å². The Morgan fingerprint density at radius 1 is 1.22 bits per heavy atom. The SMILES string of the molecule is CCNC(=NCC1CCN(C2CC2)C1)NCCC(C)c1ccc(OC)cc1. The van der Waals surface area contributed by atoms with Gasteiger partial charge in [-0.05, 0) is 68.7 Å². The normalized spacial score (nSPS) is 21.9. The molecule has 1 aliphatic carbocycles. The summed E-state index contributed by atoms with van der Waals surface area (Å²) < 4.78 is 5.24. The molecule has 1 aromatic carbocycles. The van der Waals surface area contributed by atoms with E-state index < -0.39 is 0 Å². The van der Waals surface area contributed by atoms with E-state index in [2.05, 4.69) is 41.5 Å². The Morgan fingerprint density at radius 3 is 2.67 bits per heavy atom. The topological polar surface area (TPSA) is 48.9 Å². The summed E-state index contributed by atoms with van der Waals surface area (Å²) in [5.74, 6) is 3.11. The van der Waals surface area contributed by atoms with Crippen molar-refractivity contribution in [3.8, 4) is 5.75 Å². The first-order chi connectivity index (χ1) is 13.2. The van der Waals surface area contributed by atoms with Gasteiger partial charge >= 0.3 is 0 Å². The zero-order valence-electron chi connectivity index (χ0n) is 17.2. The van der Waals surface area contributed by atoms with Crippen molar-refractivity contribution in [3.63, 3.8) is 0 Å². The summed E-state index contributed by atoms with van der Waals surface area (Å²) in [6.07, 6.45) is 5.20. The zero-order chi connectivity index (χ0) is 19.1. The Morgan fingerprint density at radius 2 is 2.00 bits per heavy atom. The summed E-state index contributed by atoms with van der Waals surface area (Å²) >= 11 is 0. The number of guanidine groups is 1. The van der Waals surface area contributed by atoms with Crippen LogP contribution in [0, 0.1) is 5.92 Å². The highest BCUT2D eigenvalue weighted by Crippen LogP contribution is 2.31. The molecule has 1 aromatic rings. The maximum atomic E-state index is 5.24. The van der Waals surface area contributed by atoms with Crippen LogP contribution in [0.15, 0.2) is 29.3 Å². The standard InChI is InChI=1S/C22H36N4O/c1-4-23-22(25-15-18-12-14-26(16-18)20-7-8-20)24-13-11-17(2)19-5-9-21(27-3)10-6-19/h5-6,9-10,17-18,20H,4,7-8,11-16H2,1-3H3,(H2,23,24,25). The van der Waals surface area contributed by atoms with Gasteiger partial charge in [0.1, 0.15) is 5.75 Å². The molecule has 1 saturated heterocycles. The van der Waals surface area contributed by atoms with Gasteiger partial charge in [0, 0.05) is 32.2 Å². The molecule has 0 aromatic heterocycles. The lowest BCUT2D eigenvalue weighted by Gasteiger charge is -2.16. The summed E-state index contributed by atoms with van der Waals surface area (Å²) in [6.45, 7) is 9.68. The third kappa shape index (κ3) is 6.13. The molecule has 2 N–H and O–H groups in total. The highest BCUT2D eigenvalue weighted by atomic mass is 16.5. The first-order valence-corrected chi connectivity index (χ1v) is 10.6. The molecule has 27 heavy (non-hydrogen) atoms. The van der Waals surface area contributed by atoms with Crippen LogP contribution in [0.2, 0.25) is 0 Å². The predicted octanol–water partition coefficient (Wildman–Crippen LogP) is 3.23. The molecule has 1 aliphatic heterocycles. The monoisotopic (exact) mass is 372 g/mol. The third-order valence-corrected chi connectivity index (χ3v) is 5.79. The van der Waals surface area contributed by atoms with E-state index in [1.807, 2.05) is 12.1 Å². The van der Waals surface area contributed by atoms with Crippen molar-refractivity contribution in [1.29, 1.82) is 0 Å². The minimum Gasteiger partial charge on any atom is -0.497 e. The first kappa shape index (κ1) is 20.0. The maximum absolute atomic E-state index is 5.24. The van der Waals surface area contributed by atoms with Crippen LogP contribution in [-0.2, 0) is 0 Å². The number of ether oxygens (including phenoxy) is 1. The second-order valence-electron chi connectivity index (χ2n) is 7.99. The van der Waals surface area contributed by atoms with E-state index in [1.54, 1.807) is 7.11 Å². The van der Waals surface area contributed by atoms with E-state index in [4.69, 9.17) is 9.73 Å². The van der Waals surface area contributed by atoms with Crippen molar-refractivity contribution in [1.82, 2.24) is 15.5 Å². The van der Waals surface area contributed by atoms with Gasteiger partial charge in [-0.15, -0.1) is 0 Å². The highest BCUT2D eigenvalue weighted by molar-refractivity contribution is 5.79. The number of likely N-dealkylation sites (tertiary alicyclic amines) is 1. The summed E-state index contributed by atoms with van der Waals surface area (Å²) in [5.41, 5.74) is 1.35. The Kier molecular flexibility index (Phi) is 7.39. The number of nitrogens with zero attached hydrogens (tertiary/aromatic N) is 2. The van der Waals surface area contributed by atoms with Crippen LogP contribution in [0.4, 0.5) is 0 Å². The Labute approximate surface area is 164 Å². The van der Waals surface area contributed by atoms with Crippen LogP contribution in [0.5, 0.6) is 5.75 Å². The van der Waals surface area contributed by atoms with Crippen molar-refractivity contribution >= 4 is 5.96 Å². The molecule has 2 fully saturated rings. The average molecular weight is 373 g/mol. The van der Waals surface area contributed by atoms with Crippen LogP contribution < -0.4 is 15.4 Å². The summed E-state index contributed by atoms with van der Waals surface area (Å²) in [5, 5.41) is 6.90. The van der Waals surface area contributed by atoms with Crippen molar-refractivity contribution in [2.24, 2.45) is 10.9 Å². The minimum absolute atomic E-state index is 0.508. The molecule has 2 aliphatic rings. The number of rotatable bonds is 9. The smallest absolute Gasteiger partial charge is 0.191 e. The number of methoxy groups -OCH3 is 1. The van der Waals surface area contributed by atoms with Crippen LogP contribution >= 0.6 is 0 Å². The number of hydrogen-bond donors (Lipinski definition) is 2. The van der Waals surface area contributed by atoms with Crippen molar-refractivity contribution in [3.05, 3.63) is 29.8 Å². The van der Waals surface area contributed by atoms with Crippen LogP contribution in [0.1, 0.15) is 51.0 Å². The fourth-order valence-electron chi connectivity index (χ4n) is 3.85. The molecule has 0 amide bonds. The van der Waals surface area contributed by atoms with Crippen LogP contribution in [0.3, 0.4) is 0 Å². The quantitative estimate of drug-likeness (QED) is 0.516. The molecule has 3 rings (SSSR count). The molecule has 150 valence electrons. The van der Waals surface area contributed by atoms with E-state index in [1.165, 1.54) is 37.9 Å². The van der Waals surface area contributed by atoms with Gasteiger partial charge in [-0.2, -0.15) is 0 Å². The Balaban J connectivity index is 1.41. The zero-order valence-corrected chi connectivity index (χ0v) is 17.2. The summed E-state index contributed by atoms with van der Waals surface area (Å²) in [6, 6.07) is 9.29. The molecule has 0 radical (unpaired) electrons. The second-order valence-corrected chi connectivity index (χ2v) is 7.99. The molecule has 0 spiro atoms. The number of nitrogens with one attached hydrogen (secondary N) is 2. The predicted molar refractivity (Wildman–Crippen MR) is 113 cm³/mol. The van der Waals surface area contributed by atoms with Crippen LogP contribution in [-0.4, -0.2) is 56.7 Å². The fraction of sp³-hybridized carbons (Fsp3) is 0.682. The van der Waals surface area contributed by atoms with Crippen LogP contribution in [0.25, 0.3) is 0 Å². The summed E-state index contributed by atoms with van der Waals surface area (Å²) in [4.78, 5) is 7.52.